The maximum Gasteiger partial charge on any atom is 0.410 e. The van der Waals surface area contributed by atoms with Crippen LogP contribution in [0.25, 0.3) is 0 Å². The summed E-state index contributed by atoms with van der Waals surface area (Å²) in [5, 5.41) is 0. The normalized spacial score (nSPS) is 22.0. The Morgan fingerprint density at radius 3 is 2.52 bits per heavy atom. The molecule has 138 valence electrons. The zero-order chi connectivity index (χ0) is 18.1. The summed E-state index contributed by atoms with van der Waals surface area (Å²) in [6, 6.07) is 2.13. The molecule has 3 heterocycles. The number of carbonyl (C=O) groups excluding carboxylic acids is 2. The van der Waals surface area contributed by atoms with Gasteiger partial charge in [-0.05, 0) is 45.1 Å². The predicted molar refractivity (Wildman–Crippen MR) is 93.5 cm³/mol. The summed E-state index contributed by atoms with van der Waals surface area (Å²) in [7, 11) is 0. The van der Waals surface area contributed by atoms with E-state index in [-0.39, 0.29) is 24.1 Å². The first-order valence-electron chi connectivity index (χ1n) is 9.18. The number of amides is 2. The fraction of sp³-hybridized carbons (Fsp3) is 0.684. The first-order valence-corrected chi connectivity index (χ1v) is 9.18. The van der Waals surface area contributed by atoms with Gasteiger partial charge in [0.1, 0.15) is 18.1 Å². The van der Waals surface area contributed by atoms with E-state index in [0.29, 0.717) is 36.9 Å². The summed E-state index contributed by atoms with van der Waals surface area (Å²) in [5.74, 6) is 1.98. The lowest BCUT2D eigenvalue weighted by Crippen LogP contribution is -2.50. The number of hydrogen-bond donors (Lipinski definition) is 0. The second kappa shape index (κ2) is 7.10. The third-order valence-electron chi connectivity index (χ3n) is 5.16. The van der Waals surface area contributed by atoms with Crippen molar-refractivity contribution in [3.63, 3.8) is 0 Å². The van der Waals surface area contributed by atoms with Crippen LogP contribution in [-0.4, -0.2) is 53.6 Å². The maximum absolute atomic E-state index is 12.7. The van der Waals surface area contributed by atoms with Crippen LogP contribution in [0.15, 0.2) is 10.5 Å². The molecular weight excluding hydrogens is 320 g/mol. The summed E-state index contributed by atoms with van der Waals surface area (Å²) in [4.78, 5) is 28.7. The van der Waals surface area contributed by atoms with Gasteiger partial charge in [0.15, 0.2) is 0 Å². The number of rotatable bonds is 4. The highest BCUT2D eigenvalue weighted by Crippen LogP contribution is 2.28. The van der Waals surface area contributed by atoms with Crippen molar-refractivity contribution in [1.82, 2.24) is 9.80 Å². The molecule has 2 fully saturated rings. The van der Waals surface area contributed by atoms with Crippen LogP contribution in [0.4, 0.5) is 4.79 Å². The number of aryl methyl sites for hydroxylation is 2. The van der Waals surface area contributed by atoms with Crippen molar-refractivity contribution in [2.75, 3.05) is 19.7 Å². The Bertz CT molecular complexity index is 644. The molecule has 25 heavy (non-hydrogen) atoms. The van der Waals surface area contributed by atoms with Crippen molar-refractivity contribution < 1.29 is 18.7 Å². The van der Waals surface area contributed by atoms with Crippen LogP contribution in [0, 0.1) is 19.8 Å². The van der Waals surface area contributed by atoms with E-state index in [1.165, 1.54) is 0 Å². The molecule has 1 aromatic rings. The molecule has 1 unspecified atom stereocenters. The summed E-state index contributed by atoms with van der Waals surface area (Å²) < 4.78 is 10.8. The lowest BCUT2D eigenvalue weighted by molar-refractivity contribution is 0.0629. The molecule has 1 atom stereocenters. The SMILES string of the molecule is Cc1cc(C(=O)N2CCC(N3C(=O)OCC3CC(C)C)CC2)c(C)o1. The quantitative estimate of drug-likeness (QED) is 0.837. The van der Waals surface area contributed by atoms with Gasteiger partial charge in [-0.1, -0.05) is 13.8 Å². The van der Waals surface area contributed by atoms with Crippen LogP contribution in [0.5, 0.6) is 0 Å². The van der Waals surface area contributed by atoms with E-state index in [9.17, 15) is 9.59 Å². The molecular formula is C19H28N2O4. The Hall–Kier alpha value is -1.98. The number of carbonyl (C=O) groups is 2. The Morgan fingerprint density at radius 2 is 1.96 bits per heavy atom. The van der Waals surface area contributed by atoms with Gasteiger partial charge in [-0.2, -0.15) is 0 Å². The molecule has 0 radical (unpaired) electrons. The summed E-state index contributed by atoms with van der Waals surface area (Å²) in [6.45, 7) is 9.81. The average Bonchev–Trinajstić information content (AvgIpc) is 3.08. The summed E-state index contributed by atoms with van der Waals surface area (Å²) in [5.41, 5.74) is 0.647. The zero-order valence-electron chi connectivity index (χ0n) is 15.6. The van der Waals surface area contributed by atoms with Gasteiger partial charge in [0.25, 0.3) is 5.91 Å². The molecule has 2 aliphatic heterocycles. The number of furan rings is 1. The number of nitrogens with zero attached hydrogens (tertiary/aromatic N) is 2. The molecule has 0 bridgehead atoms. The van der Waals surface area contributed by atoms with Crippen molar-refractivity contribution in [1.29, 1.82) is 0 Å². The van der Waals surface area contributed by atoms with Crippen LogP contribution in [-0.2, 0) is 4.74 Å². The third kappa shape index (κ3) is 3.67. The Morgan fingerprint density at radius 1 is 1.28 bits per heavy atom. The third-order valence-corrected chi connectivity index (χ3v) is 5.16. The van der Waals surface area contributed by atoms with E-state index in [0.717, 1.165) is 25.0 Å². The Labute approximate surface area is 149 Å². The molecule has 0 aromatic carbocycles. The fourth-order valence-corrected chi connectivity index (χ4v) is 4.00. The van der Waals surface area contributed by atoms with Gasteiger partial charge in [0.05, 0.1) is 11.6 Å². The highest BCUT2D eigenvalue weighted by atomic mass is 16.6. The van der Waals surface area contributed by atoms with Crippen LogP contribution in [0.2, 0.25) is 0 Å². The van der Waals surface area contributed by atoms with Crippen molar-refractivity contribution in [3.05, 3.63) is 23.2 Å². The molecule has 6 heteroatoms. The highest BCUT2D eigenvalue weighted by Gasteiger charge is 2.40. The number of likely N-dealkylation sites (tertiary alicyclic amines) is 1. The molecule has 0 N–H and O–H groups in total. The van der Waals surface area contributed by atoms with Gasteiger partial charge >= 0.3 is 6.09 Å². The van der Waals surface area contributed by atoms with Gasteiger partial charge in [0, 0.05) is 19.1 Å². The summed E-state index contributed by atoms with van der Waals surface area (Å²) >= 11 is 0. The molecule has 6 nitrogen and oxygen atoms in total. The van der Waals surface area contributed by atoms with E-state index < -0.39 is 0 Å². The largest absolute Gasteiger partial charge is 0.466 e. The van der Waals surface area contributed by atoms with Crippen molar-refractivity contribution >= 4 is 12.0 Å². The predicted octanol–water partition coefficient (Wildman–Crippen LogP) is 3.37. The van der Waals surface area contributed by atoms with E-state index in [4.69, 9.17) is 9.15 Å². The lowest BCUT2D eigenvalue weighted by Gasteiger charge is -2.38. The second-order valence-electron chi connectivity index (χ2n) is 7.62. The minimum atomic E-state index is -0.197. The second-order valence-corrected chi connectivity index (χ2v) is 7.62. The van der Waals surface area contributed by atoms with Crippen LogP contribution in [0.3, 0.4) is 0 Å². The number of cyclic esters (lactones) is 1. The molecule has 0 aliphatic carbocycles. The number of hydrogen-bond acceptors (Lipinski definition) is 4. The fourth-order valence-electron chi connectivity index (χ4n) is 4.00. The molecule has 3 rings (SSSR count). The average molecular weight is 348 g/mol. The van der Waals surface area contributed by atoms with Crippen molar-refractivity contribution in [3.8, 4) is 0 Å². The zero-order valence-corrected chi connectivity index (χ0v) is 15.6. The maximum atomic E-state index is 12.7. The van der Waals surface area contributed by atoms with E-state index in [1.807, 2.05) is 23.6 Å². The minimum absolute atomic E-state index is 0.0236. The monoisotopic (exact) mass is 348 g/mol. The molecule has 2 amide bonds. The van der Waals surface area contributed by atoms with E-state index in [1.54, 1.807) is 6.07 Å². The minimum Gasteiger partial charge on any atom is -0.466 e. The topological polar surface area (TPSA) is 63.0 Å². The Kier molecular flexibility index (Phi) is 5.06. The van der Waals surface area contributed by atoms with Crippen molar-refractivity contribution in [2.45, 2.75) is 59.0 Å². The Balaban J connectivity index is 1.62. The highest BCUT2D eigenvalue weighted by molar-refractivity contribution is 5.95. The molecule has 0 spiro atoms. The van der Waals surface area contributed by atoms with Crippen molar-refractivity contribution in [2.24, 2.45) is 5.92 Å². The van der Waals surface area contributed by atoms with E-state index in [2.05, 4.69) is 13.8 Å². The van der Waals surface area contributed by atoms with Gasteiger partial charge in [0.2, 0.25) is 0 Å². The molecule has 0 saturated carbocycles. The van der Waals surface area contributed by atoms with E-state index >= 15 is 0 Å². The van der Waals surface area contributed by atoms with Crippen LogP contribution in [0.1, 0.15) is 55.0 Å². The number of piperidine rings is 1. The lowest BCUT2D eigenvalue weighted by atomic mass is 9.98. The summed E-state index contributed by atoms with van der Waals surface area (Å²) in [6.07, 6.45) is 2.35. The van der Waals surface area contributed by atoms with Crippen LogP contribution < -0.4 is 0 Å². The van der Waals surface area contributed by atoms with Crippen LogP contribution >= 0.6 is 0 Å². The van der Waals surface area contributed by atoms with Gasteiger partial charge in [-0.15, -0.1) is 0 Å². The molecule has 2 aliphatic rings. The standard InChI is InChI=1S/C19H28N2O4/c1-12(2)9-16-11-24-19(23)21(16)15-5-7-20(8-6-15)18(22)17-10-13(3)25-14(17)4/h10,12,15-16H,5-9,11H2,1-4H3. The first-order chi connectivity index (χ1) is 11.9. The molecule has 1 aromatic heterocycles. The van der Waals surface area contributed by atoms with Gasteiger partial charge in [-0.3, -0.25) is 9.69 Å². The van der Waals surface area contributed by atoms with Gasteiger partial charge in [-0.25, -0.2) is 4.79 Å². The smallest absolute Gasteiger partial charge is 0.410 e. The first kappa shape index (κ1) is 17.8. The number of ether oxygens (including phenoxy) is 1. The van der Waals surface area contributed by atoms with Gasteiger partial charge < -0.3 is 14.1 Å². The molecule has 2 saturated heterocycles.